The van der Waals surface area contributed by atoms with Gasteiger partial charge in [-0.1, -0.05) is 70.0 Å². The summed E-state index contributed by atoms with van der Waals surface area (Å²) in [6.07, 6.45) is 14.2. The molecule has 31 heavy (non-hydrogen) atoms. The summed E-state index contributed by atoms with van der Waals surface area (Å²) in [5.74, 6) is 0.118. The largest absolute Gasteiger partial charge is 0.485 e. The van der Waals surface area contributed by atoms with Crippen LogP contribution in [0.3, 0.4) is 0 Å². The number of hydrogen-bond acceptors (Lipinski definition) is 1. The number of benzene rings is 1. The van der Waals surface area contributed by atoms with Crippen molar-refractivity contribution in [3.05, 3.63) is 29.3 Å². The highest BCUT2D eigenvalue weighted by Gasteiger charge is 2.25. The first-order valence-corrected chi connectivity index (χ1v) is 15.2. The molecule has 1 heterocycles. The first-order valence-electron chi connectivity index (χ1n) is 12.8. The fraction of sp³-hybridized carbons (Fsp3) is 0.769. The first-order chi connectivity index (χ1) is 15.1. The Balaban J connectivity index is 1.34. The molecule has 0 atom stereocenters. The standard InChI is InChI=1S/C26H41F3OSi/c1-2-15-31-16-11-21(12-17-31)6-4-3-5-20-7-9-22(10-8-20)23-18-24(28)26(25(29)19-23)30-14-13-27/h18-22,31H,2-17H2,1H3/t20-,21-,22-,31-. The monoisotopic (exact) mass is 454 g/mol. The van der Waals surface area contributed by atoms with Gasteiger partial charge in [-0.15, -0.1) is 0 Å². The average molecular weight is 455 g/mol. The van der Waals surface area contributed by atoms with Gasteiger partial charge in [0.2, 0.25) is 0 Å². The van der Waals surface area contributed by atoms with Gasteiger partial charge in [0.25, 0.3) is 0 Å². The molecular formula is C26H41F3OSi. The third-order valence-electron chi connectivity index (χ3n) is 7.80. The summed E-state index contributed by atoms with van der Waals surface area (Å²) >= 11 is 0. The summed E-state index contributed by atoms with van der Waals surface area (Å²) in [5.41, 5.74) is 0.725. The minimum Gasteiger partial charge on any atom is -0.485 e. The van der Waals surface area contributed by atoms with Crippen LogP contribution >= 0.6 is 0 Å². The molecule has 0 aromatic heterocycles. The average Bonchev–Trinajstić information content (AvgIpc) is 2.78. The van der Waals surface area contributed by atoms with Crippen molar-refractivity contribution in [1.29, 1.82) is 0 Å². The minimum atomic E-state index is -0.758. The Labute approximate surface area is 188 Å². The van der Waals surface area contributed by atoms with E-state index in [1.165, 1.54) is 57.1 Å². The van der Waals surface area contributed by atoms with Crippen LogP contribution in [0.25, 0.3) is 0 Å². The molecule has 0 unspecified atom stereocenters. The molecule has 3 rings (SSSR count). The van der Waals surface area contributed by atoms with Gasteiger partial charge in [0.15, 0.2) is 17.4 Å². The molecule has 1 aromatic carbocycles. The molecule has 2 aliphatic rings. The van der Waals surface area contributed by atoms with Gasteiger partial charge < -0.3 is 4.74 Å². The Morgan fingerprint density at radius 2 is 1.48 bits per heavy atom. The van der Waals surface area contributed by atoms with Crippen LogP contribution in [0.1, 0.15) is 89.0 Å². The number of ether oxygens (including phenoxy) is 1. The molecule has 1 saturated heterocycles. The van der Waals surface area contributed by atoms with Crippen LogP contribution in [0.4, 0.5) is 13.2 Å². The van der Waals surface area contributed by atoms with Crippen molar-refractivity contribution >= 4 is 8.80 Å². The molecule has 2 fully saturated rings. The van der Waals surface area contributed by atoms with Crippen LogP contribution in [-0.2, 0) is 0 Å². The van der Waals surface area contributed by atoms with E-state index < -0.39 is 24.1 Å². The van der Waals surface area contributed by atoms with E-state index in [4.69, 9.17) is 4.74 Å². The number of halogens is 3. The topological polar surface area (TPSA) is 9.23 Å². The van der Waals surface area contributed by atoms with Gasteiger partial charge in [0, 0.05) is 8.80 Å². The molecule has 0 radical (unpaired) electrons. The minimum absolute atomic E-state index is 0.220. The van der Waals surface area contributed by atoms with E-state index in [2.05, 4.69) is 6.92 Å². The van der Waals surface area contributed by atoms with Gasteiger partial charge in [-0.2, -0.15) is 0 Å². The highest BCUT2D eigenvalue weighted by Crippen LogP contribution is 2.40. The van der Waals surface area contributed by atoms with Crippen LogP contribution < -0.4 is 4.74 Å². The third kappa shape index (κ3) is 7.54. The molecule has 1 aliphatic heterocycles. The maximum absolute atomic E-state index is 14.2. The third-order valence-corrected chi connectivity index (χ3v) is 11.5. The molecule has 0 bridgehead atoms. The summed E-state index contributed by atoms with van der Waals surface area (Å²) in [6, 6.07) is 7.52. The van der Waals surface area contributed by atoms with Crippen LogP contribution in [0, 0.1) is 23.5 Å². The van der Waals surface area contributed by atoms with Crippen molar-refractivity contribution in [3.8, 4) is 5.75 Å². The maximum Gasteiger partial charge on any atom is 0.190 e. The lowest BCUT2D eigenvalue weighted by molar-refractivity contribution is 0.250. The van der Waals surface area contributed by atoms with E-state index in [1.54, 1.807) is 18.1 Å². The van der Waals surface area contributed by atoms with E-state index in [9.17, 15) is 13.2 Å². The number of unbranched alkanes of at least 4 members (excludes halogenated alkanes) is 1. The van der Waals surface area contributed by atoms with E-state index in [0.717, 1.165) is 43.1 Å². The zero-order valence-corrected chi connectivity index (χ0v) is 20.5. The Bertz CT molecular complexity index is 629. The van der Waals surface area contributed by atoms with Gasteiger partial charge >= 0.3 is 0 Å². The molecule has 1 nitrogen and oxygen atoms in total. The Hall–Kier alpha value is -0.973. The Morgan fingerprint density at radius 3 is 2.03 bits per heavy atom. The van der Waals surface area contributed by atoms with Crippen molar-refractivity contribution in [2.45, 2.75) is 102 Å². The van der Waals surface area contributed by atoms with Gasteiger partial charge in [-0.25, -0.2) is 13.2 Å². The number of alkyl halides is 1. The summed E-state index contributed by atoms with van der Waals surface area (Å²) < 4.78 is 45.5. The van der Waals surface area contributed by atoms with E-state index >= 15 is 0 Å². The SMILES string of the molecule is CCC[Si@H]1CC[C@H](CCCC[C@H]2CC[C@H](c3cc(F)c(OCCF)c(F)c3)CC2)CC1. The van der Waals surface area contributed by atoms with Crippen molar-refractivity contribution in [3.63, 3.8) is 0 Å². The summed E-state index contributed by atoms with van der Waals surface area (Å²) in [4.78, 5) is 0. The molecule has 1 aliphatic carbocycles. The molecule has 0 amide bonds. The maximum atomic E-state index is 14.2. The molecule has 0 N–H and O–H groups in total. The molecule has 1 aromatic rings. The van der Waals surface area contributed by atoms with Crippen LogP contribution in [0.5, 0.6) is 5.75 Å². The molecule has 176 valence electrons. The normalized spacial score (nSPS) is 26.7. The van der Waals surface area contributed by atoms with Crippen LogP contribution in [0.15, 0.2) is 12.1 Å². The van der Waals surface area contributed by atoms with Crippen molar-refractivity contribution in [2.75, 3.05) is 13.3 Å². The molecular weight excluding hydrogens is 413 g/mol. The lowest BCUT2D eigenvalue weighted by atomic mass is 9.77. The quantitative estimate of drug-likeness (QED) is 0.242. The van der Waals surface area contributed by atoms with Crippen LogP contribution in [-0.4, -0.2) is 22.1 Å². The van der Waals surface area contributed by atoms with Crippen molar-refractivity contribution < 1.29 is 17.9 Å². The fourth-order valence-corrected chi connectivity index (χ4v) is 9.53. The van der Waals surface area contributed by atoms with Crippen molar-refractivity contribution in [1.82, 2.24) is 0 Å². The lowest BCUT2D eigenvalue weighted by Gasteiger charge is -2.30. The number of rotatable bonds is 11. The second kappa shape index (κ2) is 12.9. The summed E-state index contributed by atoms with van der Waals surface area (Å²) in [6.45, 7) is 1.26. The van der Waals surface area contributed by atoms with Gasteiger partial charge in [-0.3, -0.25) is 0 Å². The Morgan fingerprint density at radius 1 is 0.903 bits per heavy atom. The highest BCUT2D eigenvalue weighted by molar-refractivity contribution is 6.58. The number of hydrogen-bond donors (Lipinski definition) is 0. The zero-order valence-electron chi connectivity index (χ0n) is 19.3. The van der Waals surface area contributed by atoms with E-state index in [0.29, 0.717) is 0 Å². The second-order valence-corrected chi connectivity index (χ2v) is 13.5. The predicted molar refractivity (Wildman–Crippen MR) is 126 cm³/mol. The molecule has 5 heteroatoms. The van der Waals surface area contributed by atoms with Gasteiger partial charge in [0.1, 0.15) is 13.3 Å². The fourth-order valence-electron chi connectivity index (χ4n) is 5.96. The second-order valence-electron chi connectivity index (χ2n) is 10.0. The molecule has 1 saturated carbocycles. The highest BCUT2D eigenvalue weighted by atomic mass is 28.3. The molecule has 0 spiro atoms. The van der Waals surface area contributed by atoms with Crippen molar-refractivity contribution in [2.24, 2.45) is 11.8 Å². The predicted octanol–water partition coefficient (Wildman–Crippen LogP) is 8.19. The first kappa shape index (κ1) is 24.7. The lowest BCUT2D eigenvalue weighted by Crippen LogP contribution is -2.21. The zero-order chi connectivity index (χ0) is 22.1. The smallest absolute Gasteiger partial charge is 0.190 e. The Kier molecular flexibility index (Phi) is 10.3. The van der Waals surface area contributed by atoms with E-state index in [1.807, 2.05) is 0 Å². The summed E-state index contributed by atoms with van der Waals surface area (Å²) in [7, 11) is -0.345. The van der Waals surface area contributed by atoms with E-state index in [-0.39, 0.29) is 21.3 Å². The van der Waals surface area contributed by atoms with Crippen LogP contribution in [0.2, 0.25) is 18.1 Å². The van der Waals surface area contributed by atoms with Gasteiger partial charge in [0.05, 0.1) is 0 Å². The van der Waals surface area contributed by atoms with Gasteiger partial charge in [-0.05, 0) is 61.1 Å². The summed E-state index contributed by atoms with van der Waals surface area (Å²) in [5, 5.41) is 0.